The summed E-state index contributed by atoms with van der Waals surface area (Å²) in [5.74, 6) is -1.12. The lowest BCUT2D eigenvalue weighted by Crippen LogP contribution is -1.89. The van der Waals surface area contributed by atoms with Crippen LogP contribution in [-0.4, -0.2) is 0 Å². The van der Waals surface area contributed by atoms with Gasteiger partial charge in [-0.3, -0.25) is 0 Å². The summed E-state index contributed by atoms with van der Waals surface area (Å²) >= 11 is 0. The van der Waals surface area contributed by atoms with Crippen molar-refractivity contribution in [3.05, 3.63) is 84.4 Å². The molecule has 0 heterocycles. The molecule has 0 saturated heterocycles. The number of hydrogen-bond donors (Lipinski definition) is 0. The Morgan fingerprint density at radius 1 is 0.542 bits per heavy atom. The SMILES string of the molecule is Fc1cc(F)cc(-c2ccc3ccc4cccc5ccc2c3c45)c1. The van der Waals surface area contributed by atoms with Gasteiger partial charge >= 0.3 is 0 Å². The highest BCUT2D eigenvalue weighted by Gasteiger charge is 2.12. The van der Waals surface area contributed by atoms with Crippen LogP contribution in [0.25, 0.3) is 43.4 Å². The van der Waals surface area contributed by atoms with E-state index in [-0.39, 0.29) is 0 Å². The van der Waals surface area contributed by atoms with Crippen LogP contribution in [0.2, 0.25) is 0 Å². The van der Waals surface area contributed by atoms with Gasteiger partial charge in [-0.25, -0.2) is 8.78 Å². The number of rotatable bonds is 1. The molecule has 0 aliphatic carbocycles. The summed E-state index contributed by atoms with van der Waals surface area (Å²) in [6.07, 6.45) is 0. The van der Waals surface area contributed by atoms with Gasteiger partial charge < -0.3 is 0 Å². The first-order valence-corrected chi connectivity index (χ1v) is 7.84. The number of benzene rings is 5. The summed E-state index contributed by atoms with van der Waals surface area (Å²) in [6, 6.07) is 22.2. The maximum atomic E-state index is 13.7. The molecule has 5 aromatic rings. The quantitative estimate of drug-likeness (QED) is 0.309. The van der Waals surface area contributed by atoms with Gasteiger partial charge in [0.05, 0.1) is 0 Å². The zero-order chi connectivity index (χ0) is 16.3. The van der Waals surface area contributed by atoms with Crippen molar-refractivity contribution in [2.75, 3.05) is 0 Å². The lowest BCUT2D eigenvalue weighted by Gasteiger charge is -2.14. The normalized spacial score (nSPS) is 11.8. The maximum absolute atomic E-state index is 13.7. The van der Waals surface area contributed by atoms with E-state index in [4.69, 9.17) is 0 Å². The Balaban J connectivity index is 1.97. The zero-order valence-electron chi connectivity index (χ0n) is 12.7. The molecule has 0 fully saturated rings. The second-order valence-electron chi connectivity index (χ2n) is 6.13. The molecule has 0 saturated carbocycles. The Labute approximate surface area is 137 Å². The predicted octanol–water partition coefficient (Wildman–Crippen LogP) is 6.53. The molecule has 5 aromatic carbocycles. The van der Waals surface area contributed by atoms with Crippen LogP contribution in [0.15, 0.2) is 72.8 Å². The summed E-state index contributed by atoms with van der Waals surface area (Å²) in [6.45, 7) is 0. The molecule has 0 aliphatic rings. The molecule has 24 heavy (non-hydrogen) atoms. The molecule has 0 aromatic heterocycles. The van der Waals surface area contributed by atoms with E-state index in [0.717, 1.165) is 27.8 Å². The monoisotopic (exact) mass is 314 g/mol. The third-order valence-corrected chi connectivity index (χ3v) is 4.70. The third kappa shape index (κ3) is 1.83. The van der Waals surface area contributed by atoms with Gasteiger partial charge in [0.25, 0.3) is 0 Å². The summed E-state index contributed by atoms with van der Waals surface area (Å²) in [7, 11) is 0. The Hall–Kier alpha value is -3.00. The first kappa shape index (κ1) is 13.4. The molecule has 5 rings (SSSR count). The Kier molecular flexibility index (Phi) is 2.66. The van der Waals surface area contributed by atoms with E-state index < -0.39 is 11.6 Å². The fraction of sp³-hybridized carbons (Fsp3) is 0. The fourth-order valence-corrected chi connectivity index (χ4v) is 3.70. The molecule has 0 atom stereocenters. The molecule has 114 valence electrons. The summed E-state index contributed by atoms with van der Waals surface area (Å²) < 4.78 is 27.3. The minimum absolute atomic E-state index is 0.560. The maximum Gasteiger partial charge on any atom is 0.126 e. The lowest BCUT2D eigenvalue weighted by atomic mass is 9.90. The largest absolute Gasteiger partial charge is 0.207 e. The van der Waals surface area contributed by atoms with Crippen LogP contribution in [-0.2, 0) is 0 Å². The third-order valence-electron chi connectivity index (χ3n) is 4.70. The van der Waals surface area contributed by atoms with Gasteiger partial charge in [-0.2, -0.15) is 0 Å². The number of hydrogen-bond acceptors (Lipinski definition) is 0. The first-order chi connectivity index (χ1) is 11.7. The van der Waals surface area contributed by atoms with Crippen molar-refractivity contribution >= 4 is 32.3 Å². The van der Waals surface area contributed by atoms with E-state index in [2.05, 4.69) is 30.3 Å². The second-order valence-corrected chi connectivity index (χ2v) is 6.13. The van der Waals surface area contributed by atoms with Crippen molar-refractivity contribution in [1.29, 1.82) is 0 Å². The minimum atomic E-state index is -0.560. The van der Waals surface area contributed by atoms with Crippen LogP contribution in [0.1, 0.15) is 0 Å². The van der Waals surface area contributed by atoms with Gasteiger partial charge in [-0.1, -0.05) is 54.6 Å². The molecule has 0 amide bonds. The number of halogens is 2. The molecule has 0 nitrogen and oxygen atoms in total. The molecule has 0 unspecified atom stereocenters. The molecular formula is C22H12F2. The highest BCUT2D eigenvalue weighted by molar-refractivity contribution is 6.25. The van der Waals surface area contributed by atoms with Crippen LogP contribution < -0.4 is 0 Å². The van der Waals surface area contributed by atoms with Crippen LogP contribution in [0.3, 0.4) is 0 Å². The molecule has 0 N–H and O–H groups in total. The van der Waals surface area contributed by atoms with E-state index in [1.165, 1.54) is 28.3 Å². The van der Waals surface area contributed by atoms with Gasteiger partial charge in [-0.05, 0) is 55.6 Å². The Bertz CT molecular complexity index is 1190. The van der Waals surface area contributed by atoms with Crippen molar-refractivity contribution in [2.24, 2.45) is 0 Å². The topological polar surface area (TPSA) is 0 Å². The van der Waals surface area contributed by atoms with E-state index in [1.807, 2.05) is 24.3 Å². The van der Waals surface area contributed by atoms with Crippen LogP contribution in [0.5, 0.6) is 0 Å². The Morgan fingerprint density at radius 2 is 1.12 bits per heavy atom. The zero-order valence-corrected chi connectivity index (χ0v) is 12.7. The van der Waals surface area contributed by atoms with E-state index in [0.29, 0.717) is 5.56 Å². The van der Waals surface area contributed by atoms with Crippen LogP contribution in [0.4, 0.5) is 8.78 Å². The smallest absolute Gasteiger partial charge is 0.126 e. The predicted molar refractivity (Wildman–Crippen MR) is 95.5 cm³/mol. The lowest BCUT2D eigenvalue weighted by molar-refractivity contribution is 0.584. The minimum Gasteiger partial charge on any atom is -0.207 e. The molecule has 2 heteroatoms. The average molecular weight is 314 g/mol. The highest BCUT2D eigenvalue weighted by Crippen LogP contribution is 2.39. The Morgan fingerprint density at radius 3 is 1.83 bits per heavy atom. The van der Waals surface area contributed by atoms with Crippen molar-refractivity contribution in [1.82, 2.24) is 0 Å². The summed E-state index contributed by atoms with van der Waals surface area (Å²) in [5.41, 5.74) is 1.41. The second kappa shape index (κ2) is 4.75. The van der Waals surface area contributed by atoms with Gasteiger partial charge in [0.2, 0.25) is 0 Å². The molecular weight excluding hydrogens is 302 g/mol. The van der Waals surface area contributed by atoms with Crippen LogP contribution in [0, 0.1) is 11.6 Å². The standard InChI is InChI=1S/C22H12F2/c23-17-10-16(11-18(24)12-17)19-8-6-15-5-4-13-2-1-3-14-7-9-20(19)22(15)21(13)14/h1-12H. The first-order valence-electron chi connectivity index (χ1n) is 7.84. The van der Waals surface area contributed by atoms with Crippen molar-refractivity contribution in [2.45, 2.75) is 0 Å². The van der Waals surface area contributed by atoms with Gasteiger partial charge in [0.15, 0.2) is 0 Å². The molecule has 0 bridgehead atoms. The van der Waals surface area contributed by atoms with Crippen molar-refractivity contribution in [3.63, 3.8) is 0 Å². The van der Waals surface area contributed by atoms with Crippen LogP contribution >= 0.6 is 0 Å². The van der Waals surface area contributed by atoms with E-state index in [9.17, 15) is 8.78 Å². The highest BCUT2D eigenvalue weighted by atomic mass is 19.1. The average Bonchev–Trinajstić information content (AvgIpc) is 2.58. The summed E-state index contributed by atoms with van der Waals surface area (Å²) in [4.78, 5) is 0. The fourth-order valence-electron chi connectivity index (χ4n) is 3.70. The van der Waals surface area contributed by atoms with Crippen molar-refractivity contribution in [3.8, 4) is 11.1 Å². The summed E-state index contributed by atoms with van der Waals surface area (Å²) in [5, 5.41) is 6.84. The van der Waals surface area contributed by atoms with Gasteiger partial charge in [0.1, 0.15) is 11.6 Å². The molecule has 0 aliphatic heterocycles. The molecule has 0 radical (unpaired) electrons. The van der Waals surface area contributed by atoms with Crippen molar-refractivity contribution < 1.29 is 8.78 Å². The van der Waals surface area contributed by atoms with E-state index >= 15 is 0 Å². The van der Waals surface area contributed by atoms with E-state index in [1.54, 1.807) is 0 Å². The van der Waals surface area contributed by atoms with Gasteiger partial charge in [-0.15, -0.1) is 0 Å². The van der Waals surface area contributed by atoms with Gasteiger partial charge in [0, 0.05) is 6.07 Å². The molecule has 0 spiro atoms.